The van der Waals surface area contributed by atoms with Crippen LogP contribution in [0.3, 0.4) is 0 Å². The summed E-state index contributed by atoms with van der Waals surface area (Å²) in [6.07, 6.45) is 0. The van der Waals surface area contributed by atoms with Crippen LogP contribution in [0.1, 0.15) is 36.6 Å². The van der Waals surface area contributed by atoms with Crippen LogP contribution in [0.5, 0.6) is 0 Å². The average Bonchev–Trinajstić information content (AvgIpc) is 2.99. The molecule has 1 heterocycles. The highest BCUT2D eigenvalue weighted by Crippen LogP contribution is 2.34. The standard InChI is InChI=1S/C28H21N3O5S/c29-26(32)20-11-9-19(10-12-20)18-7-5-17(6-8-18)16-30-27(33)21-13-14-25-23(15-21)31-28(34)22-3-1-2-4-24(22)37(25,35)36/h1-15H,16H2,(H2,29,32)(H,30,33)(H,31,34). The normalized spacial score (nSPS) is 13.5. The number of carbonyl (C=O) groups excluding carboxylic acids is 3. The van der Waals surface area contributed by atoms with Crippen LogP contribution in [0.2, 0.25) is 0 Å². The summed E-state index contributed by atoms with van der Waals surface area (Å²) in [6, 6.07) is 24.6. The molecule has 37 heavy (non-hydrogen) atoms. The van der Waals surface area contributed by atoms with E-state index in [1.54, 1.807) is 24.3 Å². The molecule has 1 aliphatic rings. The summed E-state index contributed by atoms with van der Waals surface area (Å²) in [6.45, 7) is 0.243. The van der Waals surface area contributed by atoms with E-state index in [9.17, 15) is 22.8 Å². The molecule has 0 aliphatic carbocycles. The van der Waals surface area contributed by atoms with E-state index in [-0.39, 0.29) is 33.2 Å². The second-order valence-electron chi connectivity index (χ2n) is 8.49. The molecule has 0 unspecified atom stereocenters. The molecule has 4 aromatic rings. The molecular weight excluding hydrogens is 490 g/mol. The quantitative estimate of drug-likeness (QED) is 0.375. The van der Waals surface area contributed by atoms with E-state index in [2.05, 4.69) is 10.6 Å². The van der Waals surface area contributed by atoms with Gasteiger partial charge >= 0.3 is 0 Å². The Bertz CT molecular complexity index is 1660. The van der Waals surface area contributed by atoms with Gasteiger partial charge in [-0.3, -0.25) is 14.4 Å². The predicted octanol–water partition coefficient (Wildman–Crippen LogP) is 3.78. The molecule has 0 saturated heterocycles. The molecule has 4 aromatic carbocycles. The highest BCUT2D eigenvalue weighted by Gasteiger charge is 2.31. The van der Waals surface area contributed by atoms with Gasteiger partial charge in [-0.2, -0.15) is 0 Å². The maximum Gasteiger partial charge on any atom is 0.257 e. The number of nitrogens with one attached hydrogen (secondary N) is 2. The SMILES string of the molecule is NC(=O)c1ccc(-c2ccc(CNC(=O)c3ccc4c(c3)NC(=O)c3ccccc3S4(=O)=O)cc2)cc1. The molecule has 0 aromatic heterocycles. The van der Waals surface area contributed by atoms with Gasteiger partial charge in [-0.1, -0.05) is 48.5 Å². The van der Waals surface area contributed by atoms with Crippen molar-refractivity contribution in [2.45, 2.75) is 16.3 Å². The van der Waals surface area contributed by atoms with Gasteiger partial charge in [0, 0.05) is 17.7 Å². The molecule has 0 spiro atoms. The molecule has 4 N–H and O–H groups in total. The Morgan fingerprint density at radius 3 is 2.08 bits per heavy atom. The van der Waals surface area contributed by atoms with Crippen molar-refractivity contribution in [3.63, 3.8) is 0 Å². The van der Waals surface area contributed by atoms with E-state index >= 15 is 0 Å². The Morgan fingerprint density at radius 2 is 1.41 bits per heavy atom. The zero-order valence-electron chi connectivity index (χ0n) is 19.4. The zero-order chi connectivity index (χ0) is 26.2. The summed E-state index contributed by atoms with van der Waals surface area (Å²) in [7, 11) is -3.94. The number of benzene rings is 4. The molecule has 1 aliphatic heterocycles. The molecule has 3 amide bonds. The first-order valence-electron chi connectivity index (χ1n) is 11.3. The minimum Gasteiger partial charge on any atom is -0.366 e. The van der Waals surface area contributed by atoms with Gasteiger partial charge < -0.3 is 16.4 Å². The van der Waals surface area contributed by atoms with Crippen molar-refractivity contribution in [1.29, 1.82) is 0 Å². The van der Waals surface area contributed by atoms with Gasteiger partial charge in [-0.05, 0) is 59.2 Å². The largest absolute Gasteiger partial charge is 0.366 e. The molecule has 5 rings (SSSR count). The summed E-state index contributed by atoms with van der Waals surface area (Å²) in [4.78, 5) is 36.5. The minimum atomic E-state index is -3.94. The third-order valence-electron chi connectivity index (χ3n) is 6.11. The lowest BCUT2D eigenvalue weighted by Gasteiger charge is -2.11. The molecule has 0 bridgehead atoms. The van der Waals surface area contributed by atoms with Crippen LogP contribution in [0, 0.1) is 0 Å². The van der Waals surface area contributed by atoms with Crippen LogP contribution >= 0.6 is 0 Å². The number of carbonyl (C=O) groups is 3. The first kappa shape index (κ1) is 24.0. The number of anilines is 1. The van der Waals surface area contributed by atoms with E-state index in [1.807, 2.05) is 36.4 Å². The summed E-state index contributed by atoms with van der Waals surface area (Å²) in [5.41, 5.74) is 8.75. The van der Waals surface area contributed by atoms with Gasteiger partial charge in [0.1, 0.15) is 0 Å². The first-order chi connectivity index (χ1) is 17.7. The number of hydrogen-bond acceptors (Lipinski definition) is 5. The van der Waals surface area contributed by atoms with Crippen molar-refractivity contribution in [3.8, 4) is 11.1 Å². The number of fused-ring (bicyclic) bond motifs is 2. The molecule has 0 radical (unpaired) electrons. The third kappa shape index (κ3) is 4.60. The topological polar surface area (TPSA) is 135 Å². The van der Waals surface area contributed by atoms with Crippen LogP contribution < -0.4 is 16.4 Å². The van der Waals surface area contributed by atoms with Crippen LogP contribution in [-0.2, 0) is 16.4 Å². The number of hydrogen-bond donors (Lipinski definition) is 3. The molecule has 0 saturated carbocycles. The monoisotopic (exact) mass is 511 g/mol. The Hall–Kier alpha value is -4.76. The molecule has 8 nitrogen and oxygen atoms in total. The van der Waals surface area contributed by atoms with E-state index in [4.69, 9.17) is 5.73 Å². The van der Waals surface area contributed by atoms with E-state index in [1.165, 1.54) is 30.3 Å². The van der Waals surface area contributed by atoms with Crippen molar-refractivity contribution >= 4 is 33.2 Å². The Labute approximate surface area is 213 Å². The summed E-state index contributed by atoms with van der Waals surface area (Å²) in [5.74, 6) is -1.46. The van der Waals surface area contributed by atoms with E-state index < -0.39 is 27.6 Å². The van der Waals surface area contributed by atoms with Crippen LogP contribution in [0.25, 0.3) is 11.1 Å². The van der Waals surface area contributed by atoms with Crippen molar-refractivity contribution in [2.24, 2.45) is 5.73 Å². The van der Waals surface area contributed by atoms with Gasteiger partial charge in [-0.15, -0.1) is 0 Å². The Kier molecular flexibility index (Phi) is 6.06. The van der Waals surface area contributed by atoms with E-state index in [0.29, 0.717) is 5.56 Å². The highest BCUT2D eigenvalue weighted by atomic mass is 32.2. The fraction of sp³-hybridized carbons (Fsp3) is 0.0357. The lowest BCUT2D eigenvalue weighted by molar-refractivity contribution is 0.0948. The van der Waals surface area contributed by atoms with Crippen LogP contribution in [0.4, 0.5) is 5.69 Å². The predicted molar refractivity (Wildman–Crippen MR) is 138 cm³/mol. The van der Waals surface area contributed by atoms with Crippen molar-refractivity contribution in [2.75, 3.05) is 5.32 Å². The van der Waals surface area contributed by atoms with Gasteiger partial charge in [-0.25, -0.2) is 8.42 Å². The third-order valence-corrected chi connectivity index (χ3v) is 7.98. The number of sulfone groups is 1. The highest BCUT2D eigenvalue weighted by molar-refractivity contribution is 7.91. The fourth-order valence-corrected chi connectivity index (χ4v) is 5.72. The second-order valence-corrected chi connectivity index (χ2v) is 10.4. The average molecular weight is 512 g/mol. The molecule has 184 valence electrons. The summed E-state index contributed by atoms with van der Waals surface area (Å²) < 4.78 is 26.2. The zero-order valence-corrected chi connectivity index (χ0v) is 20.2. The van der Waals surface area contributed by atoms with Gasteiger partial charge in [0.2, 0.25) is 15.7 Å². The van der Waals surface area contributed by atoms with Crippen molar-refractivity contribution < 1.29 is 22.8 Å². The number of nitrogens with two attached hydrogens (primary N) is 1. The van der Waals surface area contributed by atoms with Gasteiger partial charge in [0.25, 0.3) is 11.8 Å². The molecular formula is C28H21N3O5S. The Balaban J connectivity index is 1.30. The molecule has 0 fully saturated rings. The smallest absolute Gasteiger partial charge is 0.257 e. The van der Waals surface area contributed by atoms with Crippen molar-refractivity contribution in [1.82, 2.24) is 5.32 Å². The lowest BCUT2D eigenvalue weighted by Crippen LogP contribution is -2.23. The lowest BCUT2D eigenvalue weighted by atomic mass is 10.0. The Morgan fingerprint density at radius 1 is 0.784 bits per heavy atom. The first-order valence-corrected chi connectivity index (χ1v) is 12.8. The fourth-order valence-electron chi connectivity index (χ4n) is 4.13. The van der Waals surface area contributed by atoms with Crippen molar-refractivity contribution in [3.05, 3.63) is 113 Å². The van der Waals surface area contributed by atoms with Gasteiger partial charge in [0.15, 0.2) is 0 Å². The number of amides is 3. The van der Waals surface area contributed by atoms with Crippen LogP contribution in [-0.4, -0.2) is 26.1 Å². The second kappa shape index (κ2) is 9.36. The molecule has 0 atom stereocenters. The maximum atomic E-state index is 13.1. The molecule has 9 heteroatoms. The van der Waals surface area contributed by atoms with E-state index in [0.717, 1.165) is 16.7 Å². The van der Waals surface area contributed by atoms with Gasteiger partial charge in [0.05, 0.1) is 21.0 Å². The summed E-state index contributed by atoms with van der Waals surface area (Å²) >= 11 is 0. The summed E-state index contributed by atoms with van der Waals surface area (Å²) in [5, 5.41) is 5.42. The maximum absolute atomic E-state index is 13.1. The number of primary amides is 1. The van der Waals surface area contributed by atoms with Crippen LogP contribution in [0.15, 0.2) is 101 Å². The number of rotatable bonds is 5. The minimum absolute atomic E-state index is 0.0527.